The molecule has 0 N–H and O–H groups in total. The second-order valence-corrected chi connectivity index (χ2v) is 1.09. The zero-order valence-electron chi connectivity index (χ0n) is 5.26. The summed E-state index contributed by atoms with van der Waals surface area (Å²) in [5.41, 5.74) is 0.141. The van der Waals surface area contributed by atoms with E-state index < -0.39 is 0 Å². The van der Waals surface area contributed by atoms with Crippen molar-refractivity contribution in [1.82, 2.24) is 0 Å². The molecular formula is C5H6NO2Rf-. The Labute approximate surface area is 48.3 Å². The molecule has 0 aliphatic rings. The first-order chi connectivity index (χ1) is 3.81. The first kappa shape index (κ1) is 10.2. The third kappa shape index (κ3) is 6.14. The Morgan fingerprint density at radius 3 is 2.78 bits per heavy atom. The first-order valence-electron chi connectivity index (χ1n) is 2.01. The van der Waals surface area contributed by atoms with Crippen molar-refractivity contribution in [2.24, 2.45) is 5.16 Å². The molecule has 0 rings (SSSR count). The summed E-state index contributed by atoms with van der Waals surface area (Å²) in [6.45, 7) is 5.06. The largest absolute Gasteiger partial charge is 0.541 e. The van der Waals surface area contributed by atoms with Crippen LogP contribution in [0.1, 0.15) is 6.42 Å². The Balaban J connectivity index is 0. The van der Waals surface area contributed by atoms with Crippen LogP contribution in [0.4, 0.5) is 0 Å². The third-order valence-corrected chi connectivity index (χ3v) is 0.462. The molecule has 0 aliphatic carbocycles. The van der Waals surface area contributed by atoms with Gasteiger partial charge in [-0.1, -0.05) is 5.16 Å². The molecule has 0 heterocycles. The van der Waals surface area contributed by atoms with Gasteiger partial charge in [-0.05, 0) is 0 Å². The molecule has 0 aromatic carbocycles. The van der Waals surface area contributed by atoms with Crippen LogP contribution >= 0.6 is 0 Å². The summed E-state index contributed by atoms with van der Waals surface area (Å²) in [6, 6.07) is 0. The number of hydrogen-bond acceptors (Lipinski definition) is 3. The van der Waals surface area contributed by atoms with Gasteiger partial charge in [0.05, 0.1) is 0 Å². The Bertz CT molecular complexity index is 103. The summed E-state index contributed by atoms with van der Waals surface area (Å²) in [5.74, 6) is 0. The number of oxime groups is 1. The molecule has 0 spiro atoms. The van der Waals surface area contributed by atoms with E-state index in [1.54, 1.807) is 6.29 Å². The van der Waals surface area contributed by atoms with Gasteiger partial charge in [-0.15, -0.1) is 6.42 Å². The van der Waals surface area contributed by atoms with Gasteiger partial charge in [-0.2, -0.15) is 0 Å². The molecule has 3 nitrogen and oxygen atoms in total. The van der Waals surface area contributed by atoms with Crippen LogP contribution in [0.15, 0.2) is 5.16 Å². The van der Waals surface area contributed by atoms with Gasteiger partial charge in [0, 0.05) is 12.6 Å². The van der Waals surface area contributed by atoms with Crippen molar-refractivity contribution in [2.75, 3.05) is 7.11 Å². The molecule has 2 radical (unpaired) electrons. The maximum atomic E-state index is 9.55. The summed E-state index contributed by atoms with van der Waals surface area (Å²) >= 11 is 0. The van der Waals surface area contributed by atoms with Crippen LogP contribution in [0.3, 0.4) is 0 Å². The van der Waals surface area contributed by atoms with E-state index in [0.717, 1.165) is 0 Å². The van der Waals surface area contributed by atoms with E-state index in [1.807, 2.05) is 0 Å². The molecule has 0 aliphatic heterocycles. The van der Waals surface area contributed by atoms with Gasteiger partial charge in [0.25, 0.3) is 0 Å². The van der Waals surface area contributed by atoms with Crippen LogP contribution in [0.2, 0.25) is 0 Å². The standard InChI is InChI=1S/C5H6NO2.Rf/c1-5(3-4-7)6-8-2;/h1H,3H2,2H3;/q-1;/b6-5-;. The quantitative estimate of drug-likeness (QED) is 0.399. The number of hydrogen-bond donors (Lipinski definition) is 0. The van der Waals surface area contributed by atoms with Gasteiger partial charge < -0.3 is 9.63 Å². The average Bonchev–Trinajstić information content (AvgIpc) is 1.68. The van der Waals surface area contributed by atoms with E-state index in [2.05, 4.69) is 9.99 Å². The summed E-state index contributed by atoms with van der Waals surface area (Å²) in [5, 5.41) is 3.25. The van der Waals surface area contributed by atoms with E-state index in [-0.39, 0.29) is 12.1 Å². The molecule has 0 atom stereocenters. The number of rotatable bonds is 3. The van der Waals surface area contributed by atoms with E-state index in [4.69, 9.17) is 6.92 Å². The van der Waals surface area contributed by atoms with Crippen LogP contribution in [0, 0.1) is 6.92 Å². The predicted octanol–water partition coefficient (Wildman–Crippen LogP) is 0.200. The predicted molar refractivity (Wildman–Crippen MR) is 29.1 cm³/mol. The molecule has 0 bridgehead atoms. The van der Waals surface area contributed by atoms with Gasteiger partial charge in [0.15, 0.2) is 0 Å². The maximum Gasteiger partial charge on any atom is 0.106 e. The Hall–Kier alpha value is -1.86. The smallest absolute Gasteiger partial charge is 0.106 e. The van der Waals surface area contributed by atoms with Crippen molar-refractivity contribution < 1.29 is 9.63 Å². The number of carbonyl (C=O) groups excluding carboxylic acids is 1. The van der Waals surface area contributed by atoms with Crippen LogP contribution < -0.4 is 0 Å². The number of nitrogens with zero attached hydrogens (tertiary/aromatic N) is 1. The monoisotopic (exact) mass is 379 g/mol. The fourth-order valence-corrected chi connectivity index (χ4v) is 0.223. The summed E-state index contributed by atoms with van der Waals surface area (Å²) in [4.78, 5) is 13.8. The minimum Gasteiger partial charge on any atom is -0.541 e. The van der Waals surface area contributed by atoms with Crippen molar-refractivity contribution in [3.8, 4) is 0 Å². The minimum atomic E-state index is 0. The fourth-order valence-electron chi connectivity index (χ4n) is 0.223. The summed E-state index contributed by atoms with van der Waals surface area (Å²) in [7, 11) is 1.36. The van der Waals surface area contributed by atoms with Crippen LogP contribution in [0.5, 0.6) is 0 Å². The molecule has 46 valence electrons. The molecule has 0 saturated carbocycles. The molecule has 0 amide bonds. The molecule has 4 heteroatoms. The van der Waals surface area contributed by atoms with Crippen molar-refractivity contribution in [3.63, 3.8) is 0 Å². The molecular weight excluding hydrogens is 373 g/mol. The SMILES string of the molecule is [CH]/C(C[C-]=O)=N/OC.[Rf]. The second-order valence-electron chi connectivity index (χ2n) is 1.09. The second kappa shape index (κ2) is 6.14. The van der Waals surface area contributed by atoms with Gasteiger partial charge >= 0.3 is 0 Å². The summed E-state index contributed by atoms with van der Waals surface area (Å²) in [6.07, 6.45) is 1.57. The Morgan fingerprint density at radius 2 is 2.44 bits per heavy atom. The maximum absolute atomic E-state index is 9.55. The van der Waals surface area contributed by atoms with E-state index in [9.17, 15) is 4.79 Å². The Kier molecular flexibility index (Phi) is 6.95. The van der Waals surface area contributed by atoms with Gasteiger partial charge in [0.1, 0.15) is 7.11 Å². The molecule has 0 saturated heterocycles. The topological polar surface area (TPSA) is 38.7 Å². The van der Waals surface area contributed by atoms with E-state index in [1.165, 1.54) is 7.11 Å². The van der Waals surface area contributed by atoms with Crippen LogP contribution in [0.25, 0.3) is 0 Å². The van der Waals surface area contributed by atoms with E-state index in [0.29, 0.717) is 0 Å². The van der Waals surface area contributed by atoms with Crippen molar-refractivity contribution in [2.45, 2.75) is 6.42 Å². The molecule has 0 unspecified atom stereocenters. The summed E-state index contributed by atoms with van der Waals surface area (Å²) < 4.78 is 0. The van der Waals surface area contributed by atoms with Gasteiger partial charge in [0.2, 0.25) is 0 Å². The molecule has 0 aromatic heterocycles. The Morgan fingerprint density at radius 1 is 1.89 bits per heavy atom. The van der Waals surface area contributed by atoms with Crippen LogP contribution in [-0.2, 0) is 9.63 Å². The van der Waals surface area contributed by atoms with Crippen LogP contribution in [-0.4, -0.2) is 19.1 Å². The van der Waals surface area contributed by atoms with E-state index >= 15 is 0 Å². The van der Waals surface area contributed by atoms with Crippen molar-refractivity contribution >= 4 is 12.0 Å². The zero-order valence-corrected chi connectivity index (χ0v) is 11.7. The van der Waals surface area contributed by atoms with Gasteiger partial charge in [-0.25, -0.2) is 0 Å². The average molecular weight is 379 g/mol. The van der Waals surface area contributed by atoms with Gasteiger partial charge in [-0.3, -0.25) is 6.29 Å². The molecule has 0 aromatic rings. The molecule has 0 fully saturated rings. The minimum absolute atomic E-state index is 0. The molecule has 9 heavy (non-hydrogen) atoms. The zero-order chi connectivity index (χ0) is 6.41. The normalized spacial score (nSPS) is 9.78. The van der Waals surface area contributed by atoms with Crippen molar-refractivity contribution in [1.29, 1.82) is 0 Å². The third-order valence-electron chi connectivity index (χ3n) is 0.462. The van der Waals surface area contributed by atoms with Crippen molar-refractivity contribution in [3.05, 3.63) is 6.92 Å². The first-order valence-corrected chi connectivity index (χ1v) is 2.01. The fraction of sp³-hybridized carbons (Fsp3) is 0.400.